The van der Waals surface area contributed by atoms with Crippen LogP contribution in [0, 0.1) is 17.8 Å². The van der Waals surface area contributed by atoms with E-state index in [1.807, 2.05) is 9.80 Å². The van der Waals surface area contributed by atoms with Gasteiger partial charge in [-0.15, -0.1) is 0 Å². The molecule has 1 amide bonds. The number of benzene rings is 1. The first-order chi connectivity index (χ1) is 12.4. The Morgan fingerprint density at radius 1 is 1.08 bits per heavy atom. The van der Waals surface area contributed by atoms with E-state index in [-0.39, 0.29) is 5.91 Å². The van der Waals surface area contributed by atoms with E-state index in [1.54, 1.807) is 6.07 Å². The van der Waals surface area contributed by atoms with Gasteiger partial charge in [0.15, 0.2) is 0 Å². The molecule has 3 fully saturated rings. The molecule has 1 saturated heterocycles. The van der Waals surface area contributed by atoms with Crippen molar-refractivity contribution in [2.45, 2.75) is 38.3 Å². The van der Waals surface area contributed by atoms with Gasteiger partial charge in [0.2, 0.25) is 5.91 Å². The molecule has 0 spiro atoms. The number of hydrogen-bond acceptors (Lipinski definition) is 2. The van der Waals surface area contributed by atoms with Crippen molar-refractivity contribution >= 4 is 11.6 Å². The number of amides is 1. The maximum atomic E-state index is 12.9. The summed E-state index contributed by atoms with van der Waals surface area (Å²) >= 11 is 0. The van der Waals surface area contributed by atoms with Crippen molar-refractivity contribution < 1.29 is 18.0 Å². The summed E-state index contributed by atoms with van der Waals surface area (Å²) in [7, 11) is 0. The van der Waals surface area contributed by atoms with Crippen molar-refractivity contribution in [1.29, 1.82) is 0 Å². The highest BCUT2D eigenvalue weighted by Crippen LogP contribution is 2.49. The fraction of sp³-hybridized carbons (Fsp3) is 0.650. The first-order valence-electron chi connectivity index (χ1n) is 9.60. The SMILES string of the molecule is O=C(C[C@H]1C[C@@H]2CC[C@@H]1C2)N1CCN(c2cccc(C(F)(F)F)c2)CC1. The third kappa shape index (κ3) is 3.55. The van der Waals surface area contributed by atoms with Gasteiger partial charge in [0.25, 0.3) is 0 Å². The van der Waals surface area contributed by atoms with E-state index in [1.165, 1.54) is 37.8 Å². The Balaban J connectivity index is 1.32. The van der Waals surface area contributed by atoms with Crippen LogP contribution in [0.4, 0.5) is 18.9 Å². The molecule has 142 valence electrons. The maximum absolute atomic E-state index is 12.9. The summed E-state index contributed by atoms with van der Waals surface area (Å²) in [5.74, 6) is 2.37. The molecule has 3 aliphatic rings. The van der Waals surface area contributed by atoms with Gasteiger partial charge >= 0.3 is 6.18 Å². The molecule has 1 aliphatic heterocycles. The Labute approximate surface area is 152 Å². The lowest BCUT2D eigenvalue weighted by molar-refractivity contribution is -0.137. The number of carbonyl (C=O) groups excluding carboxylic acids is 1. The van der Waals surface area contributed by atoms with Crippen LogP contribution in [-0.2, 0) is 11.0 Å². The highest BCUT2D eigenvalue weighted by atomic mass is 19.4. The molecule has 3 atom stereocenters. The van der Waals surface area contributed by atoms with Gasteiger partial charge in [-0.25, -0.2) is 0 Å². The number of anilines is 1. The normalized spacial score (nSPS) is 28.7. The molecule has 1 aromatic rings. The largest absolute Gasteiger partial charge is 0.416 e. The van der Waals surface area contributed by atoms with Crippen molar-refractivity contribution in [2.75, 3.05) is 31.1 Å². The molecule has 6 heteroatoms. The smallest absolute Gasteiger partial charge is 0.368 e. The van der Waals surface area contributed by atoms with E-state index in [0.717, 1.165) is 17.9 Å². The summed E-state index contributed by atoms with van der Waals surface area (Å²) in [6.45, 7) is 2.36. The summed E-state index contributed by atoms with van der Waals surface area (Å²) < 4.78 is 38.7. The van der Waals surface area contributed by atoms with E-state index < -0.39 is 11.7 Å². The number of carbonyl (C=O) groups is 1. The molecule has 2 aliphatic carbocycles. The lowest BCUT2D eigenvalue weighted by Crippen LogP contribution is -2.49. The van der Waals surface area contributed by atoms with Crippen molar-refractivity contribution in [2.24, 2.45) is 17.8 Å². The number of hydrogen-bond donors (Lipinski definition) is 0. The number of rotatable bonds is 3. The van der Waals surface area contributed by atoms with E-state index in [9.17, 15) is 18.0 Å². The van der Waals surface area contributed by atoms with Crippen molar-refractivity contribution in [3.8, 4) is 0 Å². The van der Waals surface area contributed by atoms with E-state index in [2.05, 4.69) is 0 Å². The summed E-state index contributed by atoms with van der Waals surface area (Å²) in [4.78, 5) is 16.5. The third-order valence-electron chi connectivity index (χ3n) is 6.49. The number of alkyl halides is 3. The minimum atomic E-state index is -4.32. The van der Waals surface area contributed by atoms with Crippen molar-refractivity contribution in [1.82, 2.24) is 4.90 Å². The maximum Gasteiger partial charge on any atom is 0.416 e. The van der Waals surface area contributed by atoms with Crippen molar-refractivity contribution in [3.05, 3.63) is 29.8 Å². The van der Waals surface area contributed by atoms with Gasteiger partial charge in [-0.3, -0.25) is 4.79 Å². The molecular formula is C20H25F3N2O. The van der Waals surface area contributed by atoms with Gasteiger partial charge in [-0.05, 0) is 55.2 Å². The zero-order valence-electron chi connectivity index (χ0n) is 14.8. The van der Waals surface area contributed by atoms with Gasteiger partial charge in [-0.2, -0.15) is 13.2 Å². The van der Waals surface area contributed by atoms with Crippen LogP contribution in [0.15, 0.2) is 24.3 Å². The zero-order chi connectivity index (χ0) is 18.3. The molecule has 2 saturated carbocycles. The fourth-order valence-corrected chi connectivity index (χ4v) is 5.07. The topological polar surface area (TPSA) is 23.6 Å². The summed E-state index contributed by atoms with van der Waals surface area (Å²) in [5.41, 5.74) is -0.0372. The number of nitrogens with zero attached hydrogens (tertiary/aromatic N) is 2. The van der Waals surface area contributed by atoms with Gasteiger partial charge in [-0.1, -0.05) is 12.5 Å². The molecule has 0 N–H and O–H groups in total. The Bertz CT molecular complexity index is 667. The lowest BCUT2D eigenvalue weighted by Gasteiger charge is -2.37. The Morgan fingerprint density at radius 3 is 2.46 bits per heavy atom. The number of fused-ring (bicyclic) bond motifs is 2. The zero-order valence-corrected chi connectivity index (χ0v) is 14.8. The molecule has 1 heterocycles. The molecule has 26 heavy (non-hydrogen) atoms. The highest BCUT2D eigenvalue weighted by molar-refractivity contribution is 5.77. The molecule has 0 aromatic heterocycles. The average molecular weight is 366 g/mol. The lowest BCUT2D eigenvalue weighted by atomic mass is 9.86. The molecule has 4 rings (SSSR count). The number of halogens is 3. The van der Waals surface area contributed by atoms with Crippen LogP contribution in [-0.4, -0.2) is 37.0 Å². The minimum absolute atomic E-state index is 0.228. The molecule has 3 nitrogen and oxygen atoms in total. The second-order valence-electron chi connectivity index (χ2n) is 8.05. The first-order valence-corrected chi connectivity index (χ1v) is 9.60. The highest BCUT2D eigenvalue weighted by Gasteiger charge is 2.40. The van der Waals surface area contributed by atoms with Crippen LogP contribution >= 0.6 is 0 Å². The van der Waals surface area contributed by atoms with E-state index >= 15 is 0 Å². The summed E-state index contributed by atoms with van der Waals surface area (Å²) in [5, 5.41) is 0. The summed E-state index contributed by atoms with van der Waals surface area (Å²) in [6, 6.07) is 5.46. The fourth-order valence-electron chi connectivity index (χ4n) is 5.07. The van der Waals surface area contributed by atoms with Crippen LogP contribution in [0.3, 0.4) is 0 Å². The molecule has 0 radical (unpaired) electrons. The van der Waals surface area contributed by atoms with E-state index in [0.29, 0.717) is 44.2 Å². The van der Waals surface area contributed by atoms with Crippen LogP contribution in [0.2, 0.25) is 0 Å². The van der Waals surface area contributed by atoms with Crippen LogP contribution in [0.5, 0.6) is 0 Å². The Hall–Kier alpha value is -1.72. The van der Waals surface area contributed by atoms with Gasteiger partial charge in [0.05, 0.1) is 5.56 Å². The van der Waals surface area contributed by atoms with Crippen molar-refractivity contribution in [3.63, 3.8) is 0 Å². The van der Waals surface area contributed by atoms with Crippen LogP contribution in [0.1, 0.15) is 37.7 Å². The second-order valence-corrected chi connectivity index (χ2v) is 8.05. The van der Waals surface area contributed by atoms with E-state index in [4.69, 9.17) is 0 Å². The third-order valence-corrected chi connectivity index (χ3v) is 6.49. The van der Waals surface area contributed by atoms with Gasteiger partial charge < -0.3 is 9.80 Å². The monoisotopic (exact) mass is 366 g/mol. The predicted molar refractivity (Wildman–Crippen MR) is 93.8 cm³/mol. The molecule has 2 bridgehead atoms. The molecular weight excluding hydrogens is 341 g/mol. The average Bonchev–Trinajstić information content (AvgIpc) is 3.24. The predicted octanol–water partition coefficient (Wildman–Crippen LogP) is 4.18. The minimum Gasteiger partial charge on any atom is -0.368 e. The van der Waals surface area contributed by atoms with Crippen LogP contribution < -0.4 is 4.90 Å². The van der Waals surface area contributed by atoms with Gasteiger partial charge in [0.1, 0.15) is 0 Å². The van der Waals surface area contributed by atoms with Crippen LogP contribution in [0.25, 0.3) is 0 Å². The summed E-state index contributed by atoms with van der Waals surface area (Å²) in [6.07, 6.45) is 1.47. The molecule has 1 aromatic carbocycles. The Kier molecular flexibility index (Phi) is 4.61. The quantitative estimate of drug-likeness (QED) is 0.801. The van der Waals surface area contributed by atoms with Gasteiger partial charge in [0, 0.05) is 38.3 Å². The first kappa shape index (κ1) is 17.7. The standard InChI is InChI=1S/C20H25F3N2O/c21-20(22,23)17-2-1-3-18(13-17)24-6-8-25(9-7-24)19(26)12-16-11-14-4-5-15(16)10-14/h1-3,13-16H,4-12H2/t14-,15-,16-/m1/s1. The Morgan fingerprint density at radius 2 is 1.85 bits per heavy atom. The second kappa shape index (κ2) is 6.78. The molecule has 0 unspecified atom stereocenters. The number of piperazine rings is 1.